The van der Waals surface area contributed by atoms with Crippen molar-refractivity contribution in [3.63, 3.8) is 0 Å². The summed E-state index contributed by atoms with van der Waals surface area (Å²) >= 11 is 0. The van der Waals surface area contributed by atoms with Gasteiger partial charge >= 0.3 is 0 Å². The van der Waals surface area contributed by atoms with Gasteiger partial charge in [-0.1, -0.05) is 24.3 Å². The number of phenols is 1. The van der Waals surface area contributed by atoms with E-state index in [1.807, 2.05) is 6.07 Å². The van der Waals surface area contributed by atoms with Crippen LogP contribution in [0.4, 0.5) is 5.69 Å². The van der Waals surface area contributed by atoms with E-state index in [1.54, 1.807) is 6.07 Å². The minimum absolute atomic E-state index is 0.0287. The SMILES string of the molecule is CN(c1ccccc1)[C@H]1CC[C@H](NCC(O)c2ccc(O)c(C(N)=O)c2)CC1. The highest BCUT2D eigenvalue weighted by molar-refractivity contribution is 5.95. The highest BCUT2D eigenvalue weighted by atomic mass is 16.3. The lowest BCUT2D eigenvalue weighted by molar-refractivity contribution is 0.0997. The Balaban J connectivity index is 1.49. The number of rotatable bonds is 7. The molecule has 1 amide bonds. The Hall–Kier alpha value is -2.57. The summed E-state index contributed by atoms with van der Waals surface area (Å²) in [5.74, 6) is -0.877. The van der Waals surface area contributed by atoms with Gasteiger partial charge < -0.3 is 26.2 Å². The van der Waals surface area contributed by atoms with Crippen molar-refractivity contribution in [3.05, 3.63) is 59.7 Å². The number of benzene rings is 2. The molecule has 0 bridgehead atoms. The highest BCUT2D eigenvalue weighted by Gasteiger charge is 2.24. The number of para-hydroxylation sites is 1. The number of anilines is 1. The summed E-state index contributed by atoms with van der Waals surface area (Å²) in [5, 5.41) is 23.5. The molecule has 1 fully saturated rings. The number of aliphatic hydroxyl groups excluding tert-OH is 1. The fourth-order valence-electron chi connectivity index (χ4n) is 3.90. The summed E-state index contributed by atoms with van der Waals surface area (Å²) < 4.78 is 0. The molecular formula is C22H29N3O3. The van der Waals surface area contributed by atoms with Crippen molar-refractivity contribution in [1.82, 2.24) is 5.32 Å². The Bertz CT molecular complexity index is 789. The number of primary amides is 1. The molecule has 0 aromatic heterocycles. The Morgan fingerprint density at radius 2 is 1.86 bits per heavy atom. The van der Waals surface area contributed by atoms with E-state index in [9.17, 15) is 15.0 Å². The lowest BCUT2D eigenvalue weighted by atomic mass is 9.90. The first kappa shape index (κ1) is 20.2. The number of aromatic hydroxyl groups is 1. The second-order valence-electron chi connectivity index (χ2n) is 7.52. The molecule has 0 spiro atoms. The maximum Gasteiger partial charge on any atom is 0.252 e. The molecule has 1 saturated carbocycles. The third kappa shape index (κ3) is 4.82. The van der Waals surface area contributed by atoms with E-state index >= 15 is 0 Å². The fourth-order valence-corrected chi connectivity index (χ4v) is 3.90. The normalized spacial score (nSPS) is 20.5. The molecule has 1 unspecified atom stereocenters. The van der Waals surface area contributed by atoms with Crippen LogP contribution < -0.4 is 16.0 Å². The molecule has 1 aliphatic rings. The Morgan fingerprint density at radius 1 is 1.18 bits per heavy atom. The average molecular weight is 383 g/mol. The van der Waals surface area contributed by atoms with Gasteiger partial charge in [0.2, 0.25) is 0 Å². The summed E-state index contributed by atoms with van der Waals surface area (Å²) in [4.78, 5) is 13.7. The third-order valence-corrected chi connectivity index (χ3v) is 5.68. The first-order valence-corrected chi connectivity index (χ1v) is 9.77. The van der Waals surface area contributed by atoms with Crippen molar-refractivity contribution in [3.8, 4) is 5.75 Å². The summed E-state index contributed by atoms with van der Waals surface area (Å²) in [6, 6.07) is 15.8. The average Bonchev–Trinajstić information content (AvgIpc) is 2.72. The minimum atomic E-state index is -0.761. The summed E-state index contributed by atoms with van der Waals surface area (Å²) in [5.41, 5.74) is 7.09. The van der Waals surface area contributed by atoms with E-state index in [-0.39, 0.29) is 11.3 Å². The molecule has 6 nitrogen and oxygen atoms in total. The number of nitrogens with two attached hydrogens (primary N) is 1. The number of aliphatic hydroxyl groups is 1. The summed E-state index contributed by atoms with van der Waals surface area (Å²) in [7, 11) is 2.15. The Labute approximate surface area is 166 Å². The van der Waals surface area contributed by atoms with Crippen LogP contribution in [0.25, 0.3) is 0 Å². The van der Waals surface area contributed by atoms with Crippen LogP contribution in [-0.2, 0) is 0 Å². The number of hydrogen-bond acceptors (Lipinski definition) is 5. The van der Waals surface area contributed by atoms with Gasteiger partial charge in [0.15, 0.2) is 0 Å². The molecule has 3 rings (SSSR count). The standard InChI is InChI=1S/C22H29N3O3/c1-25(17-5-3-2-4-6-17)18-10-8-16(9-11-18)24-14-21(27)15-7-12-20(26)19(13-15)22(23)28/h2-7,12-13,16,18,21,24,26-27H,8-11,14H2,1H3,(H2,23,28)/t16-,18-,21?. The van der Waals surface area contributed by atoms with Crippen molar-refractivity contribution in [1.29, 1.82) is 0 Å². The van der Waals surface area contributed by atoms with Crippen LogP contribution >= 0.6 is 0 Å². The smallest absolute Gasteiger partial charge is 0.252 e. The van der Waals surface area contributed by atoms with E-state index in [0.717, 1.165) is 25.7 Å². The monoisotopic (exact) mass is 383 g/mol. The first-order chi connectivity index (χ1) is 13.5. The molecular weight excluding hydrogens is 354 g/mol. The van der Waals surface area contributed by atoms with E-state index in [0.29, 0.717) is 24.2 Å². The zero-order valence-electron chi connectivity index (χ0n) is 16.2. The van der Waals surface area contributed by atoms with Crippen LogP contribution in [0.3, 0.4) is 0 Å². The second-order valence-corrected chi connectivity index (χ2v) is 7.52. The van der Waals surface area contributed by atoms with Crippen LogP contribution in [0.2, 0.25) is 0 Å². The van der Waals surface area contributed by atoms with Crippen LogP contribution in [-0.4, -0.2) is 41.8 Å². The molecule has 5 N–H and O–H groups in total. The lowest BCUT2D eigenvalue weighted by Crippen LogP contribution is -2.42. The maximum absolute atomic E-state index is 11.4. The van der Waals surface area contributed by atoms with Gasteiger partial charge in [-0.2, -0.15) is 0 Å². The quantitative estimate of drug-likeness (QED) is 0.589. The molecule has 1 atom stereocenters. The van der Waals surface area contributed by atoms with E-state index in [2.05, 4.69) is 41.5 Å². The topological polar surface area (TPSA) is 98.8 Å². The largest absolute Gasteiger partial charge is 0.507 e. The molecule has 2 aromatic rings. The zero-order valence-corrected chi connectivity index (χ0v) is 16.2. The van der Waals surface area contributed by atoms with Gasteiger partial charge in [-0.25, -0.2) is 0 Å². The van der Waals surface area contributed by atoms with E-state index in [1.165, 1.54) is 17.8 Å². The van der Waals surface area contributed by atoms with Gasteiger partial charge in [0, 0.05) is 31.4 Å². The molecule has 0 aliphatic heterocycles. The number of nitrogens with zero attached hydrogens (tertiary/aromatic N) is 1. The van der Waals surface area contributed by atoms with Crippen LogP contribution in [0.15, 0.2) is 48.5 Å². The molecule has 0 radical (unpaired) electrons. The van der Waals surface area contributed by atoms with Crippen molar-refractivity contribution in [2.45, 2.75) is 43.9 Å². The third-order valence-electron chi connectivity index (χ3n) is 5.68. The first-order valence-electron chi connectivity index (χ1n) is 9.77. The number of hydrogen-bond donors (Lipinski definition) is 4. The minimum Gasteiger partial charge on any atom is -0.507 e. The Kier molecular flexibility index (Phi) is 6.54. The molecule has 28 heavy (non-hydrogen) atoms. The van der Waals surface area contributed by atoms with Crippen molar-refractivity contribution >= 4 is 11.6 Å². The number of amides is 1. The molecule has 0 heterocycles. The van der Waals surface area contributed by atoms with Gasteiger partial charge in [-0.05, 0) is 55.5 Å². The van der Waals surface area contributed by atoms with Crippen molar-refractivity contribution < 1.29 is 15.0 Å². The van der Waals surface area contributed by atoms with Crippen LogP contribution in [0.1, 0.15) is 47.7 Å². The number of carbonyl (C=O) groups excluding carboxylic acids is 1. The number of carbonyl (C=O) groups is 1. The van der Waals surface area contributed by atoms with Crippen LogP contribution in [0.5, 0.6) is 5.75 Å². The summed E-state index contributed by atoms with van der Waals surface area (Å²) in [6.07, 6.45) is 3.55. The molecule has 1 aliphatic carbocycles. The fraction of sp³-hybridized carbons (Fsp3) is 0.409. The van der Waals surface area contributed by atoms with Gasteiger partial charge in [0.05, 0.1) is 11.7 Å². The number of nitrogens with one attached hydrogen (secondary N) is 1. The maximum atomic E-state index is 11.4. The van der Waals surface area contributed by atoms with Crippen molar-refractivity contribution in [2.24, 2.45) is 5.73 Å². The predicted octanol–water partition coefficient (Wildman–Crippen LogP) is 2.56. The van der Waals surface area contributed by atoms with Gasteiger partial charge in [-0.3, -0.25) is 4.79 Å². The highest BCUT2D eigenvalue weighted by Crippen LogP contribution is 2.27. The molecule has 0 saturated heterocycles. The Morgan fingerprint density at radius 3 is 2.50 bits per heavy atom. The lowest BCUT2D eigenvalue weighted by Gasteiger charge is -2.36. The zero-order chi connectivity index (χ0) is 20.1. The van der Waals surface area contributed by atoms with Gasteiger partial charge in [0.25, 0.3) is 5.91 Å². The van der Waals surface area contributed by atoms with E-state index < -0.39 is 12.0 Å². The molecule has 2 aromatic carbocycles. The van der Waals surface area contributed by atoms with Gasteiger partial charge in [-0.15, -0.1) is 0 Å². The van der Waals surface area contributed by atoms with Crippen LogP contribution in [0, 0.1) is 0 Å². The van der Waals surface area contributed by atoms with E-state index in [4.69, 9.17) is 5.73 Å². The molecule has 150 valence electrons. The predicted molar refractivity (Wildman–Crippen MR) is 110 cm³/mol. The second kappa shape index (κ2) is 9.08. The van der Waals surface area contributed by atoms with Crippen molar-refractivity contribution in [2.75, 3.05) is 18.5 Å². The summed E-state index contributed by atoms with van der Waals surface area (Å²) in [6.45, 7) is 0.396. The van der Waals surface area contributed by atoms with Gasteiger partial charge in [0.1, 0.15) is 5.75 Å². The molecule has 6 heteroatoms.